The number of benzene rings is 1. The van der Waals surface area contributed by atoms with E-state index in [-0.39, 0.29) is 17.9 Å². The zero-order chi connectivity index (χ0) is 14.8. The van der Waals surface area contributed by atoms with Gasteiger partial charge in [0.15, 0.2) is 0 Å². The number of ether oxygens (including phenoxy) is 1. The summed E-state index contributed by atoms with van der Waals surface area (Å²) in [5.74, 6) is -0.105. The average Bonchev–Trinajstić information content (AvgIpc) is 2.82. The molecule has 1 saturated heterocycles. The number of amides is 1. The Balaban J connectivity index is 2.10. The molecular formula is C16H21NO3. The third-order valence-electron chi connectivity index (χ3n) is 3.42. The SMILES string of the molecule is CC(C)(C)OC(=O)N1CC(C=O)[C@@H](c2ccccc2)C1. The van der Waals surface area contributed by atoms with Crippen LogP contribution in [0.25, 0.3) is 0 Å². The summed E-state index contributed by atoms with van der Waals surface area (Å²) in [6.45, 7) is 6.48. The van der Waals surface area contributed by atoms with Gasteiger partial charge in [0.1, 0.15) is 11.9 Å². The molecule has 1 aliphatic rings. The van der Waals surface area contributed by atoms with Gasteiger partial charge in [-0.15, -0.1) is 0 Å². The van der Waals surface area contributed by atoms with Gasteiger partial charge < -0.3 is 14.4 Å². The lowest BCUT2D eigenvalue weighted by Crippen LogP contribution is -2.35. The average molecular weight is 275 g/mol. The van der Waals surface area contributed by atoms with Crippen LogP contribution in [0.1, 0.15) is 32.3 Å². The van der Waals surface area contributed by atoms with Crippen LogP contribution in [0.2, 0.25) is 0 Å². The molecule has 20 heavy (non-hydrogen) atoms. The number of hydrogen-bond acceptors (Lipinski definition) is 3. The summed E-state index contributed by atoms with van der Waals surface area (Å²) in [7, 11) is 0. The number of rotatable bonds is 2. The molecule has 0 aromatic heterocycles. The highest BCUT2D eigenvalue weighted by Gasteiger charge is 2.37. The first-order valence-corrected chi connectivity index (χ1v) is 6.89. The number of carbonyl (C=O) groups is 2. The van der Waals surface area contributed by atoms with E-state index in [1.807, 2.05) is 51.1 Å². The minimum Gasteiger partial charge on any atom is -0.444 e. The van der Waals surface area contributed by atoms with Gasteiger partial charge in [-0.25, -0.2) is 4.79 Å². The van der Waals surface area contributed by atoms with E-state index in [0.717, 1.165) is 11.8 Å². The van der Waals surface area contributed by atoms with Crippen LogP contribution in [0, 0.1) is 5.92 Å². The van der Waals surface area contributed by atoms with E-state index in [2.05, 4.69) is 0 Å². The molecule has 0 saturated carbocycles. The first-order chi connectivity index (χ1) is 9.40. The van der Waals surface area contributed by atoms with Crippen molar-refractivity contribution in [2.24, 2.45) is 5.92 Å². The molecule has 1 aromatic carbocycles. The molecule has 1 unspecified atom stereocenters. The second-order valence-corrected chi connectivity index (χ2v) is 6.20. The van der Waals surface area contributed by atoms with Crippen LogP contribution in [-0.4, -0.2) is 36.0 Å². The van der Waals surface area contributed by atoms with Crippen molar-refractivity contribution in [3.05, 3.63) is 35.9 Å². The van der Waals surface area contributed by atoms with Crippen molar-refractivity contribution >= 4 is 12.4 Å². The number of nitrogens with zero attached hydrogens (tertiary/aromatic N) is 1. The van der Waals surface area contributed by atoms with Crippen LogP contribution in [-0.2, 0) is 9.53 Å². The molecule has 1 fully saturated rings. The smallest absolute Gasteiger partial charge is 0.410 e. The zero-order valence-corrected chi connectivity index (χ0v) is 12.2. The molecular weight excluding hydrogens is 254 g/mol. The summed E-state index contributed by atoms with van der Waals surface area (Å²) in [4.78, 5) is 25.0. The molecule has 4 nitrogen and oxygen atoms in total. The fourth-order valence-electron chi connectivity index (χ4n) is 2.50. The van der Waals surface area contributed by atoms with Gasteiger partial charge in [-0.3, -0.25) is 0 Å². The van der Waals surface area contributed by atoms with Crippen molar-refractivity contribution in [3.63, 3.8) is 0 Å². The first-order valence-electron chi connectivity index (χ1n) is 6.89. The molecule has 0 N–H and O–H groups in total. The second kappa shape index (κ2) is 5.65. The van der Waals surface area contributed by atoms with E-state index in [0.29, 0.717) is 13.1 Å². The van der Waals surface area contributed by atoms with Gasteiger partial charge >= 0.3 is 6.09 Å². The third kappa shape index (κ3) is 3.38. The van der Waals surface area contributed by atoms with E-state index in [9.17, 15) is 9.59 Å². The minimum atomic E-state index is -0.515. The lowest BCUT2D eigenvalue weighted by Gasteiger charge is -2.24. The van der Waals surface area contributed by atoms with Crippen molar-refractivity contribution in [2.45, 2.75) is 32.3 Å². The summed E-state index contributed by atoms with van der Waals surface area (Å²) in [5.41, 5.74) is 0.578. The summed E-state index contributed by atoms with van der Waals surface area (Å²) in [5, 5.41) is 0. The predicted octanol–water partition coefficient (Wildman–Crippen LogP) is 2.84. The van der Waals surface area contributed by atoms with Gasteiger partial charge in [-0.2, -0.15) is 0 Å². The van der Waals surface area contributed by atoms with Crippen LogP contribution in [0.15, 0.2) is 30.3 Å². The summed E-state index contributed by atoms with van der Waals surface area (Å²) in [6.07, 6.45) is 0.602. The maximum atomic E-state index is 12.1. The molecule has 108 valence electrons. The fraction of sp³-hybridized carbons (Fsp3) is 0.500. The Kier molecular flexibility index (Phi) is 4.12. The van der Waals surface area contributed by atoms with Crippen molar-refractivity contribution < 1.29 is 14.3 Å². The number of likely N-dealkylation sites (tertiary alicyclic amines) is 1. The Hall–Kier alpha value is -1.84. The van der Waals surface area contributed by atoms with Crippen LogP contribution >= 0.6 is 0 Å². The number of aldehydes is 1. The van der Waals surface area contributed by atoms with Crippen LogP contribution < -0.4 is 0 Å². The Morgan fingerprint density at radius 3 is 2.45 bits per heavy atom. The van der Waals surface area contributed by atoms with E-state index in [4.69, 9.17) is 4.74 Å². The topological polar surface area (TPSA) is 46.6 Å². The Morgan fingerprint density at radius 2 is 1.90 bits per heavy atom. The van der Waals surface area contributed by atoms with E-state index in [1.54, 1.807) is 4.90 Å². The second-order valence-electron chi connectivity index (χ2n) is 6.20. The molecule has 0 aliphatic carbocycles. The van der Waals surface area contributed by atoms with E-state index < -0.39 is 5.60 Å². The molecule has 1 aromatic rings. The van der Waals surface area contributed by atoms with Crippen LogP contribution in [0.5, 0.6) is 0 Å². The monoisotopic (exact) mass is 275 g/mol. The Morgan fingerprint density at radius 1 is 1.25 bits per heavy atom. The molecule has 0 radical (unpaired) electrons. The van der Waals surface area contributed by atoms with Gasteiger partial charge in [0, 0.05) is 24.9 Å². The zero-order valence-electron chi connectivity index (χ0n) is 12.2. The molecule has 4 heteroatoms. The van der Waals surface area contributed by atoms with Crippen LogP contribution in [0.4, 0.5) is 4.79 Å². The Labute approximate surface area is 119 Å². The van der Waals surface area contributed by atoms with E-state index in [1.165, 1.54) is 0 Å². The van der Waals surface area contributed by atoms with Gasteiger partial charge in [0.25, 0.3) is 0 Å². The van der Waals surface area contributed by atoms with Gasteiger partial charge in [0.2, 0.25) is 0 Å². The molecule has 2 rings (SSSR count). The molecule has 1 aliphatic heterocycles. The highest BCUT2D eigenvalue weighted by molar-refractivity contribution is 5.70. The Bertz CT molecular complexity index is 478. The molecule has 1 amide bonds. The molecule has 1 heterocycles. The van der Waals surface area contributed by atoms with Crippen molar-refractivity contribution in [1.29, 1.82) is 0 Å². The first kappa shape index (κ1) is 14.6. The minimum absolute atomic E-state index is 0.0567. The van der Waals surface area contributed by atoms with Crippen molar-refractivity contribution in [1.82, 2.24) is 4.90 Å². The molecule has 0 bridgehead atoms. The molecule has 0 spiro atoms. The standard InChI is InChI=1S/C16H21NO3/c1-16(2,3)20-15(19)17-9-13(11-18)14(10-17)12-7-5-4-6-8-12/h4-8,11,13-14H,9-10H2,1-3H3/t13?,14-/m1/s1. The lowest BCUT2D eigenvalue weighted by atomic mass is 9.90. The van der Waals surface area contributed by atoms with Crippen LogP contribution in [0.3, 0.4) is 0 Å². The van der Waals surface area contributed by atoms with Crippen molar-refractivity contribution in [2.75, 3.05) is 13.1 Å². The maximum absolute atomic E-state index is 12.1. The number of hydrogen-bond donors (Lipinski definition) is 0. The molecule has 2 atom stereocenters. The largest absolute Gasteiger partial charge is 0.444 e. The summed E-state index contributed by atoms with van der Waals surface area (Å²) < 4.78 is 5.37. The predicted molar refractivity (Wildman–Crippen MR) is 76.5 cm³/mol. The van der Waals surface area contributed by atoms with Crippen molar-refractivity contribution in [3.8, 4) is 0 Å². The number of carbonyl (C=O) groups excluding carboxylic acids is 2. The maximum Gasteiger partial charge on any atom is 0.410 e. The van der Waals surface area contributed by atoms with E-state index >= 15 is 0 Å². The highest BCUT2D eigenvalue weighted by Crippen LogP contribution is 2.32. The van der Waals surface area contributed by atoms with Gasteiger partial charge in [-0.1, -0.05) is 30.3 Å². The fourth-order valence-corrected chi connectivity index (χ4v) is 2.50. The summed E-state index contributed by atoms with van der Waals surface area (Å²) >= 11 is 0. The van der Waals surface area contributed by atoms with Gasteiger partial charge in [0.05, 0.1) is 0 Å². The highest BCUT2D eigenvalue weighted by atomic mass is 16.6. The lowest BCUT2D eigenvalue weighted by molar-refractivity contribution is -0.111. The summed E-state index contributed by atoms with van der Waals surface area (Å²) in [6, 6.07) is 9.85. The normalized spacial score (nSPS) is 22.6. The van der Waals surface area contributed by atoms with Gasteiger partial charge in [-0.05, 0) is 26.3 Å². The third-order valence-corrected chi connectivity index (χ3v) is 3.42. The quantitative estimate of drug-likeness (QED) is 0.780.